The normalized spacial score (nSPS) is 9.67. The molecule has 1 aromatic rings. The standard InChI is InChI=1S/C9H8BrNO4/c10-8-2-1-7(3-4-15-6-12)9(5-8)11(13)14/h1-2,5-6H,3-4H2. The van der Waals surface area contributed by atoms with Gasteiger partial charge in [-0.05, 0) is 6.07 Å². The second kappa shape index (κ2) is 5.45. The second-order valence-electron chi connectivity index (χ2n) is 2.75. The fraction of sp³-hybridized carbons (Fsp3) is 0.222. The molecular formula is C9H8BrNO4. The van der Waals surface area contributed by atoms with Crippen molar-refractivity contribution >= 4 is 28.1 Å². The lowest BCUT2D eigenvalue weighted by Gasteiger charge is -2.02. The summed E-state index contributed by atoms with van der Waals surface area (Å²) in [6, 6.07) is 4.77. The number of nitro benzene ring substituents is 1. The molecule has 0 amide bonds. The summed E-state index contributed by atoms with van der Waals surface area (Å²) in [6.07, 6.45) is 0.336. The molecule has 0 radical (unpaired) electrons. The number of ether oxygens (including phenoxy) is 1. The maximum atomic E-state index is 10.7. The van der Waals surface area contributed by atoms with Crippen LogP contribution in [-0.4, -0.2) is 18.0 Å². The van der Waals surface area contributed by atoms with Gasteiger partial charge in [0.1, 0.15) is 0 Å². The molecule has 5 nitrogen and oxygen atoms in total. The number of hydrogen-bond donors (Lipinski definition) is 0. The van der Waals surface area contributed by atoms with E-state index in [0.717, 1.165) is 0 Å². The quantitative estimate of drug-likeness (QED) is 0.356. The zero-order valence-electron chi connectivity index (χ0n) is 7.68. The zero-order valence-corrected chi connectivity index (χ0v) is 9.27. The molecule has 0 heterocycles. The van der Waals surface area contributed by atoms with E-state index in [1.165, 1.54) is 6.07 Å². The van der Waals surface area contributed by atoms with E-state index in [1.807, 2.05) is 0 Å². The van der Waals surface area contributed by atoms with E-state index in [4.69, 9.17) is 0 Å². The number of carbonyl (C=O) groups excluding carboxylic acids is 1. The van der Waals surface area contributed by atoms with Crippen molar-refractivity contribution in [1.82, 2.24) is 0 Å². The Balaban J connectivity index is 2.85. The molecule has 0 saturated carbocycles. The van der Waals surface area contributed by atoms with Gasteiger partial charge in [0.15, 0.2) is 0 Å². The molecule has 0 atom stereocenters. The summed E-state index contributed by atoms with van der Waals surface area (Å²) in [4.78, 5) is 20.1. The molecule has 1 aromatic carbocycles. The Kier molecular flexibility index (Phi) is 4.23. The van der Waals surface area contributed by atoms with Gasteiger partial charge in [-0.1, -0.05) is 22.0 Å². The predicted molar refractivity (Wildman–Crippen MR) is 56.5 cm³/mol. The largest absolute Gasteiger partial charge is 0.468 e. The van der Waals surface area contributed by atoms with Crippen LogP contribution in [0.2, 0.25) is 0 Å². The van der Waals surface area contributed by atoms with Crippen molar-refractivity contribution in [2.75, 3.05) is 6.61 Å². The Morgan fingerprint density at radius 1 is 1.53 bits per heavy atom. The van der Waals surface area contributed by atoms with Crippen molar-refractivity contribution in [2.45, 2.75) is 6.42 Å². The van der Waals surface area contributed by atoms with Crippen LogP contribution in [0.5, 0.6) is 0 Å². The molecule has 6 heteroatoms. The summed E-state index contributed by atoms with van der Waals surface area (Å²) in [5, 5.41) is 10.7. The SMILES string of the molecule is O=COCCc1ccc(Br)cc1[N+](=O)[O-]. The minimum Gasteiger partial charge on any atom is -0.468 e. The van der Waals surface area contributed by atoms with Crippen LogP contribution in [0.4, 0.5) is 5.69 Å². The molecular weight excluding hydrogens is 266 g/mol. The van der Waals surface area contributed by atoms with Crippen LogP contribution >= 0.6 is 15.9 Å². The lowest BCUT2D eigenvalue weighted by atomic mass is 10.1. The summed E-state index contributed by atoms with van der Waals surface area (Å²) in [7, 11) is 0. The summed E-state index contributed by atoms with van der Waals surface area (Å²) >= 11 is 3.15. The lowest BCUT2D eigenvalue weighted by molar-refractivity contribution is -0.385. The van der Waals surface area contributed by atoms with Gasteiger partial charge in [-0.3, -0.25) is 14.9 Å². The van der Waals surface area contributed by atoms with Gasteiger partial charge in [0.2, 0.25) is 0 Å². The van der Waals surface area contributed by atoms with Gasteiger partial charge in [0.05, 0.1) is 11.5 Å². The molecule has 0 aliphatic rings. The molecule has 0 aliphatic carbocycles. The van der Waals surface area contributed by atoms with Crippen molar-refractivity contribution in [3.05, 3.63) is 38.3 Å². The van der Waals surface area contributed by atoms with Gasteiger partial charge >= 0.3 is 0 Å². The van der Waals surface area contributed by atoms with Crippen molar-refractivity contribution < 1.29 is 14.5 Å². The monoisotopic (exact) mass is 273 g/mol. The Morgan fingerprint density at radius 3 is 2.87 bits per heavy atom. The third-order valence-electron chi connectivity index (χ3n) is 1.80. The number of hydrogen-bond acceptors (Lipinski definition) is 4. The minimum absolute atomic E-state index is 0.0267. The van der Waals surface area contributed by atoms with Crippen LogP contribution in [0.3, 0.4) is 0 Å². The Hall–Kier alpha value is -1.43. The van der Waals surface area contributed by atoms with Crippen LogP contribution in [0, 0.1) is 10.1 Å². The van der Waals surface area contributed by atoms with Crippen molar-refractivity contribution in [2.24, 2.45) is 0 Å². The third kappa shape index (κ3) is 3.32. The van der Waals surface area contributed by atoms with Gasteiger partial charge in [0.25, 0.3) is 12.2 Å². The van der Waals surface area contributed by atoms with E-state index in [1.54, 1.807) is 12.1 Å². The maximum Gasteiger partial charge on any atom is 0.293 e. The van der Waals surface area contributed by atoms with E-state index in [-0.39, 0.29) is 12.3 Å². The van der Waals surface area contributed by atoms with E-state index in [2.05, 4.69) is 20.7 Å². The van der Waals surface area contributed by atoms with Gasteiger partial charge in [-0.15, -0.1) is 0 Å². The highest BCUT2D eigenvalue weighted by atomic mass is 79.9. The molecule has 0 aliphatic heterocycles. The van der Waals surface area contributed by atoms with Gasteiger partial charge < -0.3 is 4.74 Å². The van der Waals surface area contributed by atoms with Crippen molar-refractivity contribution in [1.29, 1.82) is 0 Å². The number of nitrogens with zero attached hydrogens (tertiary/aromatic N) is 1. The average molecular weight is 274 g/mol. The second-order valence-corrected chi connectivity index (χ2v) is 3.66. The third-order valence-corrected chi connectivity index (χ3v) is 2.29. The number of nitro groups is 1. The fourth-order valence-electron chi connectivity index (χ4n) is 1.14. The molecule has 0 saturated heterocycles. The molecule has 0 bridgehead atoms. The molecule has 80 valence electrons. The number of carbonyl (C=O) groups is 1. The highest BCUT2D eigenvalue weighted by molar-refractivity contribution is 9.10. The van der Waals surface area contributed by atoms with E-state index >= 15 is 0 Å². The van der Waals surface area contributed by atoms with Gasteiger partial charge in [-0.2, -0.15) is 0 Å². The zero-order chi connectivity index (χ0) is 11.3. The summed E-state index contributed by atoms with van der Waals surface area (Å²) < 4.78 is 5.13. The first-order valence-electron chi connectivity index (χ1n) is 4.13. The lowest BCUT2D eigenvalue weighted by Crippen LogP contribution is -2.00. The first kappa shape index (κ1) is 11.6. The van der Waals surface area contributed by atoms with Crippen molar-refractivity contribution in [3.63, 3.8) is 0 Å². The average Bonchev–Trinajstić information content (AvgIpc) is 2.20. The molecule has 0 N–H and O–H groups in total. The van der Waals surface area contributed by atoms with Crippen LogP contribution < -0.4 is 0 Å². The minimum atomic E-state index is -0.457. The fourth-order valence-corrected chi connectivity index (χ4v) is 1.48. The van der Waals surface area contributed by atoms with Gasteiger partial charge in [0, 0.05) is 22.5 Å². The smallest absolute Gasteiger partial charge is 0.293 e. The predicted octanol–water partition coefficient (Wildman–Crippen LogP) is 2.07. The highest BCUT2D eigenvalue weighted by Crippen LogP contribution is 2.23. The summed E-state index contributed by atoms with van der Waals surface area (Å²) in [6.45, 7) is 0.469. The number of halogens is 1. The molecule has 1 rings (SSSR count). The highest BCUT2D eigenvalue weighted by Gasteiger charge is 2.13. The number of benzene rings is 1. The van der Waals surface area contributed by atoms with E-state index < -0.39 is 4.92 Å². The Labute approximate surface area is 94.3 Å². The topological polar surface area (TPSA) is 69.4 Å². The summed E-state index contributed by atoms with van der Waals surface area (Å²) in [5.74, 6) is 0. The molecule has 0 aromatic heterocycles. The van der Waals surface area contributed by atoms with Crippen LogP contribution in [0.15, 0.2) is 22.7 Å². The molecule has 0 spiro atoms. The Morgan fingerprint density at radius 2 is 2.27 bits per heavy atom. The van der Waals surface area contributed by atoms with E-state index in [0.29, 0.717) is 22.9 Å². The molecule has 0 fully saturated rings. The molecule has 0 unspecified atom stereocenters. The van der Waals surface area contributed by atoms with Crippen molar-refractivity contribution in [3.8, 4) is 0 Å². The van der Waals surface area contributed by atoms with Gasteiger partial charge in [-0.25, -0.2) is 0 Å². The van der Waals surface area contributed by atoms with E-state index in [9.17, 15) is 14.9 Å². The Bertz CT molecular complexity index is 380. The first-order chi connectivity index (χ1) is 7.15. The molecule has 15 heavy (non-hydrogen) atoms. The van der Waals surface area contributed by atoms with Crippen LogP contribution in [0.25, 0.3) is 0 Å². The summed E-state index contributed by atoms with van der Waals surface area (Å²) in [5.41, 5.74) is 0.573. The number of rotatable bonds is 5. The first-order valence-corrected chi connectivity index (χ1v) is 4.92. The maximum absolute atomic E-state index is 10.7. The van der Waals surface area contributed by atoms with Crippen LogP contribution in [-0.2, 0) is 16.0 Å². The van der Waals surface area contributed by atoms with Crippen LogP contribution in [0.1, 0.15) is 5.56 Å².